The largest absolute Gasteiger partial charge is 0.381 e. The van der Waals surface area contributed by atoms with Crippen molar-refractivity contribution in [2.75, 3.05) is 26.0 Å². The van der Waals surface area contributed by atoms with Crippen LogP contribution in [0.25, 0.3) is 0 Å². The molecule has 0 aliphatic rings. The lowest BCUT2D eigenvalue weighted by molar-refractivity contribution is 0.312. The van der Waals surface area contributed by atoms with Crippen LogP contribution in [0.15, 0.2) is 45.8 Å². The molecule has 0 radical (unpaired) electrons. The molecule has 5 nitrogen and oxygen atoms in total. The number of aryl methyl sites for hydroxylation is 1. The molecule has 2 rings (SSSR count). The zero-order valence-corrected chi connectivity index (χ0v) is 14.0. The zero-order chi connectivity index (χ0) is 15.4. The van der Waals surface area contributed by atoms with Crippen molar-refractivity contribution < 1.29 is 0 Å². The first-order valence-corrected chi connectivity index (χ1v) is 7.47. The Morgan fingerprint density at radius 1 is 1.33 bits per heavy atom. The number of hydrogen-bond acceptors (Lipinski definition) is 4. The second-order valence-corrected chi connectivity index (χ2v) is 5.86. The van der Waals surface area contributed by atoms with Gasteiger partial charge in [0.15, 0.2) is 0 Å². The van der Waals surface area contributed by atoms with Gasteiger partial charge in [-0.25, -0.2) is 4.68 Å². The van der Waals surface area contributed by atoms with E-state index < -0.39 is 0 Å². The number of hydrogen-bond donors (Lipinski definition) is 1. The Morgan fingerprint density at radius 3 is 2.62 bits per heavy atom. The highest BCUT2D eigenvalue weighted by Crippen LogP contribution is 2.21. The van der Waals surface area contributed by atoms with E-state index in [2.05, 4.69) is 43.4 Å². The van der Waals surface area contributed by atoms with Crippen LogP contribution < -0.4 is 10.9 Å². The van der Waals surface area contributed by atoms with Crippen LogP contribution >= 0.6 is 15.9 Å². The summed E-state index contributed by atoms with van der Waals surface area (Å²) in [5.74, 6) is 0. The Kier molecular flexibility index (Phi) is 5.14. The fraction of sp³-hybridized carbons (Fsp3) is 0.333. The van der Waals surface area contributed by atoms with Crippen LogP contribution in [0.3, 0.4) is 0 Å². The fourth-order valence-electron chi connectivity index (χ4n) is 2.11. The molecule has 1 heterocycles. The Morgan fingerprint density at radius 2 is 2.00 bits per heavy atom. The maximum Gasteiger partial charge on any atom is 0.282 e. The zero-order valence-electron chi connectivity index (χ0n) is 12.4. The first-order chi connectivity index (χ1) is 10.0. The predicted molar refractivity (Wildman–Crippen MR) is 88.5 cm³/mol. The van der Waals surface area contributed by atoms with Crippen LogP contribution in [0.4, 0.5) is 5.69 Å². The number of halogens is 1. The SMILES string of the molecule is CN(C)C(CNc1cnn(C)c(=O)c1Br)c1ccccc1. The standard InChI is InChI=1S/C15H19BrN4O/c1-19(2)13(11-7-5-4-6-8-11)10-17-12-9-18-20(3)15(21)14(12)16/h4-9,13,17H,10H2,1-3H3. The van der Waals surface area contributed by atoms with Crippen LogP contribution in [-0.4, -0.2) is 35.3 Å². The van der Waals surface area contributed by atoms with Gasteiger partial charge >= 0.3 is 0 Å². The summed E-state index contributed by atoms with van der Waals surface area (Å²) >= 11 is 3.32. The molecular formula is C15H19BrN4O. The quantitative estimate of drug-likeness (QED) is 0.898. The lowest BCUT2D eigenvalue weighted by atomic mass is 10.1. The lowest BCUT2D eigenvalue weighted by Gasteiger charge is -2.25. The molecule has 0 fully saturated rings. The molecule has 112 valence electrons. The number of anilines is 1. The summed E-state index contributed by atoms with van der Waals surface area (Å²) in [6.07, 6.45) is 1.66. The average Bonchev–Trinajstić information content (AvgIpc) is 2.48. The molecule has 1 aromatic carbocycles. The maximum atomic E-state index is 11.8. The summed E-state index contributed by atoms with van der Waals surface area (Å²) in [6.45, 7) is 0.685. The van der Waals surface area contributed by atoms with Gasteiger partial charge in [-0.2, -0.15) is 5.10 Å². The highest BCUT2D eigenvalue weighted by atomic mass is 79.9. The van der Waals surface area contributed by atoms with Crippen molar-refractivity contribution in [1.82, 2.24) is 14.7 Å². The van der Waals surface area contributed by atoms with Gasteiger partial charge in [0.1, 0.15) is 4.47 Å². The molecular weight excluding hydrogens is 332 g/mol. The minimum atomic E-state index is -0.152. The van der Waals surface area contributed by atoms with Gasteiger partial charge in [-0.1, -0.05) is 30.3 Å². The summed E-state index contributed by atoms with van der Waals surface area (Å²) in [7, 11) is 5.71. The van der Waals surface area contributed by atoms with Gasteiger partial charge < -0.3 is 10.2 Å². The third kappa shape index (κ3) is 3.71. The Balaban J connectivity index is 2.17. The van der Waals surface area contributed by atoms with E-state index in [4.69, 9.17) is 0 Å². The molecule has 0 bridgehead atoms. The molecule has 0 saturated carbocycles. The topological polar surface area (TPSA) is 50.2 Å². The molecule has 0 aliphatic carbocycles. The van der Waals surface area contributed by atoms with Crippen LogP contribution in [0, 0.1) is 0 Å². The van der Waals surface area contributed by atoms with Crippen molar-refractivity contribution >= 4 is 21.6 Å². The van der Waals surface area contributed by atoms with E-state index in [1.807, 2.05) is 32.3 Å². The fourth-order valence-corrected chi connectivity index (χ4v) is 2.61. The lowest BCUT2D eigenvalue weighted by Crippen LogP contribution is -2.28. The van der Waals surface area contributed by atoms with Gasteiger partial charge in [-0.05, 0) is 35.6 Å². The van der Waals surface area contributed by atoms with E-state index in [0.29, 0.717) is 16.7 Å². The number of aromatic nitrogens is 2. The molecule has 1 unspecified atom stereocenters. The molecule has 6 heteroatoms. The second kappa shape index (κ2) is 6.87. The number of rotatable bonds is 5. The Bertz CT molecular complexity index is 654. The monoisotopic (exact) mass is 350 g/mol. The summed E-state index contributed by atoms with van der Waals surface area (Å²) in [5, 5.41) is 7.33. The van der Waals surface area contributed by atoms with Crippen LogP contribution in [-0.2, 0) is 7.05 Å². The third-order valence-electron chi connectivity index (χ3n) is 3.37. The van der Waals surface area contributed by atoms with Crippen molar-refractivity contribution in [3.05, 3.63) is 56.9 Å². The highest BCUT2D eigenvalue weighted by Gasteiger charge is 2.15. The highest BCUT2D eigenvalue weighted by molar-refractivity contribution is 9.10. The van der Waals surface area contributed by atoms with Crippen LogP contribution in [0.1, 0.15) is 11.6 Å². The van der Waals surface area contributed by atoms with Gasteiger partial charge in [-0.3, -0.25) is 4.79 Å². The van der Waals surface area contributed by atoms with E-state index in [1.54, 1.807) is 13.2 Å². The Hall–Kier alpha value is -1.66. The molecule has 2 aromatic rings. The first kappa shape index (κ1) is 15.7. The normalized spacial score (nSPS) is 12.4. The second-order valence-electron chi connectivity index (χ2n) is 5.07. The number of nitrogens with one attached hydrogen (secondary N) is 1. The van der Waals surface area contributed by atoms with Gasteiger partial charge in [0.25, 0.3) is 5.56 Å². The summed E-state index contributed by atoms with van der Waals surface area (Å²) in [5.41, 5.74) is 1.78. The summed E-state index contributed by atoms with van der Waals surface area (Å²) in [4.78, 5) is 14.0. The van der Waals surface area contributed by atoms with Crippen molar-refractivity contribution in [3.8, 4) is 0 Å². The van der Waals surface area contributed by atoms with Crippen molar-refractivity contribution in [2.45, 2.75) is 6.04 Å². The third-order valence-corrected chi connectivity index (χ3v) is 4.14. The van der Waals surface area contributed by atoms with Crippen molar-refractivity contribution in [3.63, 3.8) is 0 Å². The van der Waals surface area contributed by atoms with Crippen molar-refractivity contribution in [2.24, 2.45) is 7.05 Å². The van der Waals surface area contributed by atoms with E-state index in [0.717, 1.165) is 0 Å². The Labute approximate surface area is 132 Å². The molecule has 0 spiro atoms. The molecule has 1 aromatic heterocycles. The van der Waals surface area contributed by atoms with E-state index >= 15 is 0 Å². The average molecular weight is 351 g/mol. The van der Waals surface area contributed by atoms with Crippen molar-refractivity contribution in [1.29, 1.82) is 0 Å². The first-order valence-electron chi connectivity index (χ1n) is 6.67. The molecule has 0 amide bonds. The number of nitrogens with zero attached hydrogens (tertiary/aromatic N) is 3. The van der Waals surface area contributed by atoms with Gasteiger partial charge in [-0.15, -0.1) is 0 Å². The minimum Gasteiger partial charge on any atom is -0.381 e. The maximum absolute atomic E-state index is 11.8. The van der Waals surface area contributed by atoms with Gasteiger partial charge in [0.05, 0.1) is 17.9 Å². The summed E-state index contributed by atoms with van der Waals surface area (Å²) in [6, 6.07) is 10.5. The summed E-state index contributed by atoms with van der Waals surface area (Å²) < 4.78 is 1.81. The van der Waals surface area contributed by atoms with Gasteiger partial charge in [0.2, 0.25) is 0 Å². The number of benzene rings is 1. The minimum absolute atomic E-state index is 0.152. The van der Waals surface area contributed by atoms with E-state index in [-0.39, 0.29) is 11.6 Å². The smallest absolute Gasteiger partial charge is 0.282 e. The molecule has 1 N–H and O–H groups in total. The molecule has 21 heavy (non-hydrogen) atoms. The predicted octanol–water partition coefficient (Wildman–Crippen LogP) is 2.26. The van der Waals surface area contributed by atoms with Gasteiger partial charge in [0, 0.05) is 13.6 Å². The molecule has 1 atom stereocenters. The van der Waals surface area contributed by atoms with E-state index in [1.165, 1.54) is 10.2 Å². The van der Waals surface area contributed by atoms with Crippen LogP contribution in [0.5, 0.6) is 0 Å². The molecule has 0 saturated heterocycles. The number of likely N-dealkylation sites (N-methyl/N-ethyl adjacent to an activating group) is 1. The molecule has 0 aliphatic heterocycles. The van der Waals surface area contributed by atoms with E-state index in [9.17, 15) is 4.79 Å². The van der Waals surface area contributed by atoms with Crippen LogP contribution in [0.2, 0.25) is 0 Å².